The van der Waals surface area contributed by atoms with Gasteiger partial charge in [0.25, 0.3) is 0 Å². The molecule has 0 bridgehead atoms. The van der Waals surface area contributed by atoms with Crippen molar-refractivity contribution in [2.75, 3.05) is 20.3 Å². The van der Waals surface area contributed by atoms with Crippen LogP contribution in [0, 0.1) is 17.5 Å². The van der Waals surface area contributed by atoms with Crippen molar-refractivity contribution < 1.29 is 27.4 Å². The molecule has 3 aromatic rings. The van der Waals surface area contributed by atoms with Crippen LogP contribution in [0.5, 0.6) is 0 Å². The minimum Gasteiger partial charge on any atom is -0.449 e. The maximum atomic E-state index is 14.2. The van der Waals surface area contributed by atoms with Gasteiger partial charge in [0.15, 0.2) is 0 Å². The van der Waals surface area contributed by atoms with Crippen LogP contribution in [0.15, 0.2) is 36.4 Å². The van der Waals surface area contributed by atoms with Crippen LogP contribution < -0.4 is 5.32 Å². The second-order valence-corrected chi connectivity index (χ2v) is 6.68. The first-order chi connectivity index (χ1) is 13.9. The van der Waals surface area contributed by atoms with Gasteiger partial charge in [0.05, 0.1) is 24.8 Å². The molecule has 2 N–H and O–H groups in total. The van der Waals surface area contributed by atoms with Gasteiger partial charge in [0.1, 0.15) is 17.5 Å². The van der Waals surface area contributed by atoms with E-state index < -0.39 is 23.5 Å². The van der Waals surface area contributed by atoms with Gasteiger partial charge in [0, 0.05) is 30.7 Å². The molecule has 1 heterocycles. The summed E-state index contributed by atoms with van der Waals surface area (Å²) in [7, 11) is 1.52. The first-order valence-electron chi connectivity index (χ1n) is 9.06. The van der Waals surface area contributed by atoms with Crippen molar-refractivity contribution in [1.82, 2.24) is 10.3 Å². The Labute approximate surface area is 165 Å². The maximum absolute atomic E-state index is 14.2. The van der Waals surface area contributed by atoms with Crippen molar-refractivity contribution in [3.8, 4) is 11.3 Å². The van der Waals surface area contributed by atoms with E-state index in [1.807, 2.05) is 0 Å². The Hall–Kier alpha value is -3.00. The molecule has 29 heavy (non-hydrogen) atoms. The number of amides is 1. The van der Waals surface area contributed by atoms with Gasteiger partial charge < -0.3 is 19.8 Å². The number of fused-ring (bicyclic) bond motifs is 1. The number of aromatic amines is 1. The smallest absolute Gasteiger partial charge is 0.407 e. The first kappa shape index (κ1) is 20.7. The van der Waals surface area contributed by atoms with E-state index in [9.17, 15) is 18.0 Å². The van der Waals surface area contributed by atoms with E-state index in [-0.39, 0.29) is 24.6 Å². The third-order valence-electron chi connectivity index (χ3n) is 4.43. The second kappa shape index (κ2) is 9.00. The first-order valence-corrected chi connectivity index (χ1v) is 9.06. The fraction of sp³-hybridized carbons (Fsp3) is 0.286. The molecule has 5 nitrogen and oxygen atoms in total. The van der Waals surface area contributed by atoms with E-state index in [1.54, 1.807) is 6.92 Å². The zero-order valence-corrected chi connectivity index (χ0v) is 16.0. The van der Waals surface area contributed by atoms with E-state index in [1.165, 1.54) is 37.4 Å². The lowest BCUT2D eigenvalue weighted by molar-refractivity contribution is 0.129. The predicted octanol–water partition coefficient (Wildman–Crippen LogP) is 4.56. The summed E-state index contributed by atoms with van der Waals surface area (Å²) < 4.78 is 51.5. The van der Waals surface area contributed by atoms with Crippen LogP contribution in [0.25, 0.3) is 22.2 Å². The predicted molar refractivity (Wildman–Crippen MR) is 103 cm³/mol. The number of hydrogen-bond donors (Lipinski definition) is 2. The lowest BCUT2D eigenvalue weighted by Crippen LogP contribution is -2.36. The molecule has 0 saturated heterocycles. The molecule has 0 aliphatic rings. The number of hydrogen-bond acceptors (Lipinski definition) is 3. The van der Waals surface area contributed by atoms with Gasteiger partial charge in [-0.05, 0) is 48.4 Å². The molecule has 0 saturated carbocycles. The summed E-state index contributed by atoms with van der Waals surface area (Å²) >= 11 is 0. The standard InChI is InChI=1S/C21H21F3N2O3/c1-12(11-28-2)25-21(27)29-8-7-16-17-9-15(23)10-18(24)20(17)26-19(16)13-3-5-14(22)6-4-13/h3-6,9-10,12,26H,7-8,11H2,1-2H3,(H,25,27)/t12-/m0/s1. The molecule has 1 atom stereocenters. The van der Waals surface area contributed by atoms with Crippen LogP contribution in [0.2, 0.25) is 0 Å². The molecular weight excluding hydrogens is 385 g/mol. The summed E-state index contributed by atoms with van der Waals surface area (Å²) in [4.78, 5) is 14.8. The summed E-state index contributed by atoms with van der Waals surface area (Å²) in [5.74, 6) is -1.86. The number of halogens is 3. The normalized spacial score (nSPS) is 12.2. The van der Waals surface area contributed by atoms with E-state index >= 15 is 0 Å². The molecular formula is C21H21F3N2O3. The number of ether oxygens (including phenoxy) is 2. The van der Waals surface area contributed by atoms with Crippen molar-refractivity contribution >= 4 is 17.0 Å². The highest BCUT2D eigenvalue weighted by Gasteiger charge is 2.18. The zero-order valence-electron chi connectivity index (χ0n) is 16.0. The van der Waals surface area contributed by atoms with E-state index in [4.69, 9.17) is 9.47 Å². The molecule has 0 aliphatic heterocycles. The number of carbonyl (C=O) groups is 1. The summed E-state index contributed by atoms with van der Waals surface area (Å²) in [5, 5.41) is 2.96. The van der Waals surface area contributed by atoms with Crippen LogP contribution in [0.4, 0.5) is 18.0 Å². The van der Waals surface area contributed by atoms with Crippen molar-refractivity contribution in [3.05, 3.63) is 59.4 Å². The van der Waals surface area contributed by atoms with Crippen molar-refractivity contribution in [2.24, 2.45) is 0 Å². The Morgan fingerprint density at radius 2 is 1.86 bits per heavy atom. The molecule has 0 radical (unpaired) electrons. The fourth-order valence-corrected chi connectivity index (χ4v) is 3.18. The zero-order chi connectivity index (χ0) is 21.0. The number of alkyl carbamates (subject to hydrolysis) is 1. The van der Waals surface area contributed by atoms with E-state index in [0.29, 0.717) is 28.8 Å². The Kier molecular flexibility index (Phi) is 6.43. The quantitative estimate of drug-likeness (QED) is 0.605. The number of methoxy groups -OCH3 is 1. The Balaban J connectivity index is 1.86. The fourth-order valence-electron chi connectivity index (χ4n) is 3.18. The van der Waals surface area contributed by atoms with Crippen molar-refractivity contribution in [2.45, 2.75) is 19.4 Å². The minimum atomic E-state index is -0.735. The largest absolute Gasteiger partial charge is 0.449 e. The van der Waals surface area contributed by atoms with Crippen LogP contribution in [-0.2, 0) is 15.9 Å². The van der Waals surface area contributed by atoms with Gasteiger partial charge in [-0.15, -0.1) is 0 Å². The SMILES string of the molecule is COC[C@H](C)NC(=O)OCCc1c(-c2ccc(F)cc2)[nH]c2c(F)cc(F)cc12. The Morgan fingerprint density at radius 1 is 1.14 bits per heavy atom. The lowest BCUT2D eigenvalue weighted by atomic mass is 10.0. The summed E-state index contributed by atoms with van der Waals surface area (Å²) in [5.41, 5.74) is 1.83. The highest BCUT2D eigenvalue weighted by molar-refractivity contribution is 5.91. The molecule has 1 aromatic heterocycles. The Bertz CT molecular complexity index is 1000. The number of H-pyrrole nitrogens is 1. The van der Waals surface area contributed by atoms with Gasteiger partial charge in [-0.25, -0.2) is 18.0 Å². The Morgan fingerprint density at radius 3 is 2.55 bits per heavy atom. The van der Waals surface area contributed by atoms with E-state index in [2.05, 4.69) is 10.3 Å². The van der Waals surface area contributed by atoms with Gasteiger partial charge in [-0.2, -0.15) is 0 Å². The monoisotopic (exact) mass is 406 g/mol. The number of rotatable bonds is 7. The third kappa shape index (κ3) is 4.89. The highest BCUT2D eigenvalue weighted by Crippen LogP contribution is 2.32. The van der Waals surface area contributed by atoms with Crippen molar-refractivity contribution in [3.63, 3.8) is 0 Å². The number of nitrogens with one attached hydrogen (secondary N) is 2. The molecule has 154 valence electrons. The van der Waals surface area contributed by atoms with Crippen LogP contribution in [-0.4, -0.2) is 37.4 Å². The van der Waals surface area contributed by atoms with Crippen LogP contribution >= 0.6 is 0 Å². The number of aromatic nitrogens is 1. The molecule has 0 spiro atoms. The van der Waals surface area contributed by atoms with E-state index in [0.717, 1.165) is 6.07 Å². The average molecular weight is 406 g/mol. The molecule has 3 rings (SSSR count). The molecule has 2 aromatic carbocycles. The van der Waals surface area contributed by atoms with Gasteiger partial charge in [-0.3, -0.25) is 0 Å². The molecule has 0 unspecified atom stereocenters. The summed E-state index contributed by atoms with van der Waals surface area (Å²) in [6.07, 6.45) is -0.406. The second-order valence-electron chi connectivity index (χ2n) is 6.68. The lowest BCUT2D eigenvalue weighted by Gasteiger charge is -2.13. The summed E-state index contributed by atoms with van der Waals surface area (Å²) in [6.45, 7) is 2.10. The molecule has 1 amide bonds. The highest BCUT2D eigenvalue weighted by atomic mass is 19.1. The number of benzene rings is 2. The third-order valence-corrected chi connectivity index (χ3v) is 4.43. The maximum Gasteiger partial charge on any atom is 0.407 e. The summed E-state index contributed by atoms with van der Waals surface area (Å²) in [6, 6.07) is 7.43. The van der Waals surface area contributed by atoms with Crippen LogP contribution in [0.3, 0.4) is 0 Å². The van der Waals surface area contributed by atoms with Gasteiger partial charge in [0.2, 0.25) is 0 Å². The topological polar surface area (TPSA) is 63.4 Å². The van der Waals surface area contributed by atoms with Gasteiger partial charge in [-0.1, -0.05) is 0 Å². The minimum absolute atomic E-state index is 0.00911. The average Bonchev–Trinajstić information content (AvgIpc) is 3.01. The molecule has 0 fully saturated rings. The molecule has 0 aliphatic carbocycles. The van der Waals surface area contributed by atoms with Crippen LogP contribution in [0.1, 0.15) is 12.5 Å². The number of carbonyl (C=O) groups excluding carboxylic acids is 1. The molecule has 8 heteroatoms. The van der Waals surface area contributed by atoms with Crippen molar-refractivity contribution in [1.29, 1.82) is 0 Å². The van der Waals surface area contributed by atoms with Gasteiger partial charge >= 0.3 is 6.09 Å².